The topological polar surface area (TPSA) is 46.9 Å². The average Bonchev–Trinajstić information content (AvgIpc) is 2.83. The number of aryl methyl sites for hydroxylation is 1. The van der Waals surface area contributed by atoms with E-state index in [0.717, 1.165) is 21.5 Å². The van der Waals surface area contributed by atoms with Gasteiger partial charge in [-0.25, -0.2) is 9.07 Å². The summed E-state index contributed by atoms with van der Waals surface area (Å²) in [6.07, 6.45) is 0. The van der Waals surface area contributed by atoms with E-state index in [1.165, 1.54) is 12.1 Å². The van der Waals surface area contributed by atoms with Crippen LogP contribution in [0.4, 0.5) is 10.1 Å². The first kappa shape index (κ1) is 16.4. The number of anilines is 1. The zero-order chi connectivity index (χ0) is 17.3. The van der Waals surface area contributed by atoms with Crippen LogP contribution in [0.2, 0.25) is 0 Å². The Bertz CT molecular complexity index is 903. The number of benzene rings is 2. The molecule has 3 rings (SSSR count). The molecule has 0 aliphatic carbocycles. The molecule has 0 saturated heterocycles. The van der Waals surface area contributed by atoms with E-state index in [1.807, 2.05) is 30.7 Å². The average molecular weight is 388 g/mol. The number of aromatic nitrogens is 2. The Labute approximate surface area is 147 Å². The molecule has 0 saturated carbocycles. The highest BCUT2D eigenvalue weighted by Gasteiger charge is 2.12. The van der Waals surface area contributed by atoms with Crippen molar-refractivity contribution in [2.75, 3.05) is 5.32 Å². The van der Waals surface area contributed by atoms with Crippen molar-refractivity contribution in [2.45, 2.75) is 13.8 Å². The summed E-state index contributed by atoms with van der Waals surface area (Å²) in [5.74, 6) is -1.02. The maximum Gasteiger partial charge on any atom is 0.258 e. The number of nitrogens with zero attached hydrogens (tertiary/aromatic N) is 2. The third-order valence-corrected chi connectivity index (χ3v) is 4.84. The third-order valence-electron chi connectivity index (χ3n) is 3.69. The number of carbonyl (C=O) groups excluding carboxylic acids is 1. The molecule has 0 spiro atoms. The van der Waals surface area contributed by atoms with Gasteiger partial charge in [-0.2, -0.15) is 5.10 Å². The second-order valence-corrected chi connectivity index (χ2v) is 6.17. The molecular formula is C18H15BrFN3O. The third kappa shape index (κ3) is 3.10. The predicted octanol–water partition coefficient (Wildman–Crippen LogP) is 4.64. The molecule has 2 aromatic carbocycles. The Hall–Kier alpha value is -2.47. The van der Waals surface area contributed by atoms with Crippen molar-refractivity contribution in [3.05, 3.63) is 75.8 Å². The van der Waals surface area contributed by atoms with Gasteiger partial charge in [0, 0.05) is 5.69 Å². The first-order valence-corrected chi connectivity index (χ1v) is 8.14. The number of nitrogens with one attached hydrogen (secondary N) is 1. The molecule has 0 unspecified atom stereocenters. The highest BCUT2D eigenvalue weighted by atomic mass is 79.9. The zero-order valence-corrected chi connectivity index (χ0v) is 14.8. The summed E-state index contributed by atoms with van der Waals surface area (Å²) in [6.45, 7) is 3.90. The molecular weight excluding hydrogens is 373 g/mol. The van der Waals surface area contributed by atoms with E-state index >= 15 is 0 Å². The van der Waals surface area contributed by atoms with Crippen molar-refractivity contribution in [2.24, 2.45) is 0 Å². The molecule has 3 aromatic rings. The van der Waals surface area contributed by atoms with Crippen LogP contribution in [0.25, 0.3) is 5.69 Å². The summed E-state index contributed by atoms with van der Waals surface area (Å²) in [5.41, 5.74) is 3.39. The maximum atomic E-state index is 13.6. The molecule has 24 heavy (non-hydrogen) atoms. The van der Waals surface area contributed by atoms with Crippen molar-refractivity contribution in [1.29, 1.82) is 0 Å². The summed E-state index contributed by atoms with van der Waals surface area (Å²) in [6, 6.07) is 13.1. The van der Waals surface area contributed by atoms with Crippen LogP contribution in [-0.2, 0) is 0 Å². The number of halogens is 2. The van der Waals surface area contributed by atoms with E-state index in [9.17, 15) is 9.18 Å². The van der Waals surface area contributed by atoms with Crippen LogP contribution >= 0.6 is 15.9 Å². The molecule has 0 fully saturated rings. The standard InChI is InChI=1S/C18H15BrFN3O/c1-11-17(19)12(2)23(22-11)14-9-7-13(8-10-14)21-18(24)15-5-3-4-6-16(15)20/h3-10H,1-2H3,(H,21,24). The second-order valence-electron chi connectivity index (χ2n) is 5.38. The van der Waals surface area contributed by atoms with E-state index in [1.54, 1.807) is 24.3 Å². The van der Waals surface area contributed by atoms with E-state index in [2.05, 4.69) is 26.3 Å². The molecule has 6 heteroatoms. The molecule has 4 nitrogen and oxygen atoms in total. The lowest BCUT2D eigenvalue weighted by Crippen LogP contribution is -2.13. The fourth-order valence-electron chi connectivity index (χ4n) is 2.40. The molecule has 1 amide bonds. The normalized spacial score (nSPS) is 10.7. The second kappa shape index (κ2) is 6.57. The van der Waals surface area contributed by atoms with Crippen molar-refractivity contribution in [1.82, 2.24) is 9.78 Å². The van der Waals surface area contributed by atoms with E-state index in [0.29, 0.717) is 5.69 Å². The Kier molecular flexibility index (Phi) is 4.49. The minimum atomic E-state index is -0.542. The van der Waals surface area contributed by atoms with Gasteiger partial charge in [0.15, 0.2) is 0 Å². The van der Waals surface area contributed by atoms with Crippen LogP contribution in [0.1, 0.15) is 21.7 Å². The lowest BCUT2D eigenvalue weighted by atomic mass is 10.2. The van der Waals surface area contributed by atoms with E-state index in [-0.39, 0.29) is 5.56 Å². The van der Waals surface area contributed by atoms with Crippen molar-refractivity contribution < 1.29 is 9.18 Å². The first-order valence-electron chi connectivity index (χ1n) is 7.35. The highest BCUT2D eigenvalue weighted by Crippen LogP contribution is 2.23. The number of hydrogen-bond donors (Lipinski definition) is 1. The van der Waals surface area contributed by atoms with Gasteiger partial charge < -0.3 is 5.32 Å². The molecule has 0 atom stereocenters. The Morgan fingerprint density at radius 3 is 2.38 bits per heavy atom. The summed E-state index contributed by atoms with van der Waals surface area (Å²) >= 11 is 3.50. The van der Waals surface area contributed by atoms with E-state index in [4.69, 9.17) is 0 Å². The zero-order valence-electron chi connectivity index (χ0n) is 13.2. The lowest BCUT2D eigenvalue weighted by molar-refractivity contribution is 0.102. The Morgan fingerprint density at radius 1 is 1.12 bits per heavy atom. The van der Waals surface area contributed by atoms with Gasteiger partial charge in [-0.3, -0.25) is 4.79 Å². The Morgan fingerprint density at radius 2 is 1.79 bits per heavy atom. The summed E-state index contributed by atoms with van der Waals surface area (Å²) < 4.78 is 16.4. The fraction of sp³-hybridized carbons (Fsp3) is 0.111. The summed E-state index contributed by atoms with van der Waals surface area (Å²) in [7, 11) is 0. The first-order chi connectivity index (χ1) is 11.5. The van der Waals surface area contributed by atoms with Crippen LogP contribution in [0, 0.1) is 19.7 Å². The fourth-order valence-corrected chi connectivity index (χ4v) is 2.65. The monoisotopic (exact) mass is 387 g/mol. The smallest absolute Gasteiger partial charge is 0.258 e. The number of rotatable bonds is 3. The summed E-state index contributed by atoms with van der Waals surface area (Å²) in [4.78, 5) is 12.1. The van der Waals surface area contributed by atoms with Gasteiger partial charge in [-0.15, -0.1) is 0 Å². The molecule has 0 aliphatic heterocycles. The number of amides is 1. The van der Waals surface area contributed by atoms with Crippen LogP contribution < -0.4 is 5.32 Å². The van der Waals surface area contributed by atoms with Crippen LogP contribution in [0.5, 0.6) is 0 Å². The molecule has 0 radical (unpaired) electrons. The quantitative estimate of drug-likeness (QED) is 0.711. The predicted molar refractivity (Wildman–Crippen MR) is 95.1 cm³/mol. The minimum Gasteiger partial charge on any atom is -0.322 e. The van der Waals surface area contributed by atoms with E-state index < -0.39 is 11.7 Å². The van der Waals surface area contributed by atoms with Gasteiger partial charge >= 0.3 is 0 Å². The van der Waals surface area contributed by atoms with Gasteiger partial charge in [-0.1, -0.05) is 12.1 Å². The molecule has 1 heterocycles. The van der Waals surface area contributed by atoms with Crippen LogP contribution in [-0.4, -0.2) is 15.7 Å². The van der Waals surface area contributed by atoms with Gasteiger partial charge in [0.05, 0.1) is 27.1 Å². The molecule has 0 aliphatic rings. The van der Waals surface area contributed by atoms with Crippen molar-refractivity contribution in [3.63, 3.8) is 0 Å². The highest BCUT2D eigenvalue weighted by molar-refractivity contribution is 9.10. The van der Waals surface area contributed by atoms with Crippen molar-refractivity contribution in [3.8, 4) is 5.69 Å². The number of carbonyl (C=O) groups is 1. The number of hydrogen-bond acceptors (Lipinski definition) is 2. The summed E-state index contributed by atoms with van der Waals surface area (Å²) in [5, 5.41) is 7.15. The molecule has 0 bridgehead atoms. The minimum absolute atomic E-state index is 0.0176. The molecule has 1 aromatic heterocycles. The van der Waals surface area contributed by atoms with Gasteiger partial charge in [0.2, 0.25) is 0 Å². The molecule has 122 valence electrons. The van der Waals surface area contributed by atoms with Crippen molar-refractivity contribution >= 4 is 27.5 Å². The Balaban J connectivity index is 1.81. The van der Waals surface area contributed by atoms with Crippen LogP contribution in [0.3, 0.4) is 0 Å². The maximum absolute atomic E-state index is 13.6. The lowest BCUT2D eigenvalue weighted by Gasteiger charge is -2.08. The largest absolute Gasteiger partial charge is 0.322 e. The SMILES string of the molecule is Cc1nn(-c2ccc(NC(=O)c3ccccc3F)cc2)c(C)c1Br. The van der Waals surface area contributed by atoms with Gasteiger partial charge in [0.25, 0.3) is 5.91 Å². The van der Waals surface area contributed by atoms with Gasteiger partial charge in [-0.05, 0) is 66.2 Å². The molecule has 1 N–H and O–H groups in total. The van der Waals surface area contributed by atoms with Gasteiger partial charge in [0.1, 0.15) is 5.82 Å². The van der Waals surface area contributed by atoms with Crippen LogP contribution in [0.15, 0.2) is 53.0 Å².